The molecule has 206 valence electrons. The van der Waals surface area contributed by atoms with Crippen molar-refractivity contribution in [1.82, 2.24) is 15.5 Å². The summed E-state index contributed by atoms with van der Waals surface area (Å²) in [6.07, 6.45) is 8.19. The molecule has 1 unspecified atom stereocenters. The lowest BCUT2D eigenvalue weighted by Gasteiger charge is -2.35. The third-order valence-electron chi connectivity index (χ3n) is 9.84. The van der Waals surface area contributed by atoms with Crippen LogP contribution >= 0.6 is 0 Å². The summed E-state index contributed by atoms with van der Waals surface area (Å²) in [5, 5.41) is 16.9. The van der Waals surface area contributed by atoms with Gasteiger partial charge in [0.05, 0.1) is 12.1 Å². The first-order chi connectivity index (χ1) is 19.6. The number of benzene rings is 3. The molecule has 6 rings (SSSR count). The molecule has 2 fully saturated rings. The maximum atomic E-state index is 13.2. The minimum absolute atomic E-state index is 0.181. The zero-order valence-corrected chi connectivity index (χ0v) is 23.4. The van der Waals surface area contributed by atoms with E-state index in [2.05, 4.69) is 45.9 Å². The molecule has 5 heteroatoms. The van der Waals surface area contributed by atoms with Crippen LogP contribution in [0.5, 0.6) is 0 Å². The van der Waals surface area contributed by atoms with E-state index in [-0.39, 0.29) is 12.1 Å². The van der Waals surface area contributed by atoms with Crippen molar-refractivity contribution in [3.63, 3.8) is 0 Å². The molecule has 2 amide bonds. The fourth-order valence-electron chi connectivity index (χ4n) is 7.72. The smallest absolute Gasteiger partial charge is 0.315 e. The number of nitrogens with one attached hydrogen (secondary N) is 2. The van der Waals surface area contributed by atoms with E-state index in [4.69, 9.17) is 0 Å². The molecule has 0 radical (unpaired) electrons. The van der Waals surface area contributed by atoms with E-state index in [9.17, 15) is 10.1 Å². The van der Waals surface area contributed by atoms with Crippen LogP contribution in [0.15, 0.2) is 84.9 Å². The highest BCUT2D eigenvalue weighted by Gasteiger charge is 2.44. The third kappa shape index (κ3) is 4.90. The van der Waals surface area contributed by atoms with Gasteiger partial charge in [0.25, 0.3) is 0 Å². The molecule has 1 saturated carbocycles. The van der Waals surface area contributed by atoms with E-state index in [0.29, 0.717) is 12.1 Å². The fraction of sp³-hybridized carbons (Fsp3) is 0.429. The predicted molar refractivity (Wildman–Crippen MR) is 159 cm³/mol. The first-order valence-corrected chi connectivity index (χ1v) is 15.0. The summed E-state index contributed by atoms with van der Waals surface area (Å²) in [5.41, 5.74) is 3.91. The maximum absolute atomic E-state index is 13.2. The second-order valence-electron chi connectivity index (χ2n) is 12.0. The van der Waals surface area contributed by atoms with Crippen molar-refractivity contribution in [2.75, 3.05) is 6.54 Å². The van der Waals surface area contributed by atoms with Crippen molar-refractivity contribution >= 4 is 6.03 Å². The van der Waals surface area contributed by atoms with Gasteiger partial charge in [0.1, 0.15) is 5.41 Å². The first kappa shape index (κ1) is 26.6. The summed E-state index contributed by atoms with van der Waals surface area (Å²) in [6.45, 7) is 3.11. The zero-order valence-electron chi connectivity index (χ0n) is 23.4. The van der Waals surface area contributed by atoms with Crippen LogP contribution in [0.25, 0.3) is 0 Å². The first-order valence-electron chi connectivity index (χ1n) is 15.0. The van der Waals surface area contributed by atoms with Gasteiger partial charge in [0.2, 0.25) is 0 Å². The van der Waals surface area contributed by atoms with Crippen LogP contribution in [0.2, 0.25) is 0 Å². The van der Waals surface area contributed by atoms with Crippen molar-refractivity contribution in [1.29, 1.82) is 5.26 Å². The van der Waals surface area contributed by atoms with Crippen molar-refractivity contribution in [3.05, 3.63) is 107 Å². The van der Waals surface area contributed by atoms with Crippen LogP contribution in [0.4, 0.5) is 4.79 Å². The van der Waals surface area contributed by atoms with Gasteiger partial charge in [-0.25, -0.2) is 4.79 Å². The van der Waals surface area contributed by atoms with Gasteiger partial charge in [-0.15, -0.1) is 0 Å². The quantitative estimate of drug-likeness (QED) is 0.327. The summed E-state index contributed by atoms with van der Waals surface area (Å²) in [4.78, 5) is 15.9. The van der Waals surface area contributed by atoms with Crippen LogP contribution < -0.4 is 10.6 Å². The van der Waals surface area contributed by atoms with Crippen LogP contribution in [0.1, 0.15) is 86.2 Å². The Kier molecular flexibility index (Phi) is 7.63. The zero-order chi connectivity index (χ0) is 27.5. The lowest BCUT2D eigenvalue weighted by Crippen LogP contribution is -2.53. The van der Waals surface area contributed by atoms with Gasteiger partial charge in [-0.3, -0.25) is 4.90 Å². The molecule has 3 aromatic carbocycles. The van der Waals surface area contributed by atoms with Gasteiger partial charge in [0.15, 0.2) is 0 Å². The van der Waals surface area contributed by atoms with Gasteiger partial charge >= 0.3 is 6.03 Å². The second-order valence-corrected chi connectivity index (χ2v) is 12.0. The summed E-state index contributed by atoms with van der Waals surface area (Å²) in [7, 11) is 0. The monoisotopic (exact) mass is 532 g/mol. The molecule has 3 aromatic rings. The molecule has 1 aliphatic carbocycles. The maximum Gasteiger partial charge on any atom is 0.315 e. The van der Waals surface area contributed by atoms with Crippen LogP contribution in [-0.4, -0.2) is 29.6 Å². The Morgan fingerprint density at radius 2 is 1.38 bits per heavy atom. The Balaban J connectivity index is 1.02. The summed E-state index contributed by atoms with van der Waals surface area (Å²) in [6, 6.07) is 32.0. The summed E-state index contributed by atoms with van der Waals surface area (Å²) < 4.78 is 0. The minimum Gasteiger partial charge on any atom is -0.335 e. The van der Waals surface area contributed by atoms with E-state index in [0.717, 1.165) is 42.7 Å². The topological polar surface area (TPSA) is 68.2 Å². The number of hydrogen-bond acceptors (Lipinski definition) is 3. The molecular weight excluding hydrogens is 492 g/mol. The SMILES string of the molecule is CC(NC(=O)NC1CCC(CCN2[C@@H]3CC[C@H]2c2ccccc23)CC1)C(C#N)(c1ccccc1)c1ccccc1. The lowest BCUT2D eigenvalue weighted by molar-refractivity contribution is 0.185. The number of nitrogens with zero attached hydrogens (tertiary/aromatic N) is 2. The minimum atomic E-state index is -0.980. The van der Waals surface area contributed by atoms with E-state index < -0.39 is 11.5 Å². The van der Waals surface area contributed by atoms with E-state index in [1.54, 1.807) is 11.1 Å². The van der Waals surface area contributed by atoms with Gasteiger partial charge in [-0.2, -0.15) is 5.26 Å². The molecule has 40 heavy (non-hydrogen) atoms. The highest BCUT2D eigenvalue weighted by Crippen LogP contribution is 2.53. The molecule has 3 aliphatic rings. The Hall–Kier alpha value is -3.62. The lowest BCUT2D eigenvalue weighted by atomic mass is 9.70. The normalized spacial score (nSPS) is 24.6. The summed E-state index contributed by atoms with van der Waals surface area (Å²) in [5.74, 6) is 0.727. The van der Waals surface area contributed by atoms with Gasteiger partial charge in [-0.1, -0.05) is 84.9 Å². The van der Waals surface area contributed by atoms with Crippen molar-refractivity contribution < 1.29 is 4.79 Å². The molecule has 3 atom stereocenters. The van der Waals surface area contributed by atoms with Gasteiger partial charge in [0, 0.05) is 18.1 Å². The molecule has 0 aromatic heterocycles. The molecule has 1 saturated heterocycles. The van der Waals surface area contributed by atoms with Gasteiger partial charge < -0.3 is 10.6 Å². The highest BCUT2D eigenvalue weighted by atomic mass is 16.2. The van der Waals surface area contributed by atoms with E-state index >= 15 is 0 Å². The number of nitriles is 1. The number of amides is 2. The van der Waals surface area contributed by atoms with Crippen molar-refractivity contribution in [2.24, 2.45) is 5.92 Å². The van der Waals surface area contributed by atoms with Crippen molar-refractivity contribution in [2.45, 2.75) is 81.5 Å². The fourth-order valence-corrected chi connectivity index (χ4v) is 7.72. The number of urea groups is 1. The molecular formula is C35H40N4O. The average molecular weight is 533 g/mol. The van der Waals surface area contributed by atoms with E-state index in [1.807, 2.05) is 67.6 Å². The number of hydrogen-bond donors (Lipinski definition) is 2. The van der Waals surface area contributed by atoms with E-state index in [1.165, 1.54) is 25.8 Å². The van der Waals surface area contributed by atoms with Crippen LogP contribution in [0, 0.1) is 17.2 Å². The standard InChI is InChI=1S/C35H40N4O/c1-25(35(24-36,27-10-4-2-5-11-27)28-12-6-3-7-13-28)37-34(40)38-29-18-16-26(17-19-29)22-23-39-32-20-21-33(39)31-15-9-8-14-30(31)32/h2-15,25-26,29,32-33H,16-23H2,1H3,(H2,37,38,40)/t25?,26?,29?,32-,33+. The Bertz CT molecular complexity index is 1270. The van der Waals surface area contributed by atoms with Gasteiger partial charge in [-0.05, 0) is 86.6 Å². The van der Waals surface area contributed by atoms with Crippen LogP contribution in [0.3, 0.4) is 0 Å². The Labute approximate surface area is 238 Å². The predicted octanol–water partition coefficient (Wildman–Crippen LogP) is 7.02. The number of fused-ring (bicyclic) bond motifs is 5. The largest absolute Gasteiger partial charge is 0.335 e. The molecule has 0 spiro atoms. The van der Waals surface area contributed by atoms with Crippen molar-refractivity contribution in [3.8, 4) is 6.07 Å². The molecule has 2 bridgehead atoms. The van der Waals surface area contributed by atoms with Crippen LogP contribution in [-0.2, 0) is 5.41 Å². The number of rotatable bonds is 8. The highest BCUT2D eigenvalue weighted by molar-refractivity contribution is 5.75. The average Bonchev–Trinajstić information content (AvgIpc) is 3.55. The number of carbonyl (C=O) groups is 1. The Morgan fingerprint density at radius 3 is 1.90 bits per heavy atom. The molecule has 2 heterocycles. The number of carbonyl (C=O) groups excluding carboxylic acids is 1. The summed E-state index contributed by atoms with van der Waals surface area (Å²) >= 11 is 0. The third-order valence-corrected chi connectivity index (χ3v) is 9.84. The molecule has 2 N–H and O–H groups in total. The molecule has 5 nitrogen and oxygen atoms in total. The molecule has 2 aliphatic heterocycles. The Morgan fingerprint density at radius 1 is 0.850 bits per heavy atom. The second kappa shape index (κ2) is 11.5.